The Balaban J connectivity index is 2.27. The van der Waals surface area contributed by atoms with Crippen LogP contribution in [0.4, 0.5) is 8.78 Å². The highest BCUT2D eigenvalue weighted by Crippen LogP contribution is 2.20. The van der Waals surface area contributed by atoms with Crippen molar-refractivity contribution in [1.82, 2.24) is 4.72 Å². The van der Waals surface area contributed by atoms with Crippen LogP contribution in [0.5, 0.6) is 0 Å². The molecular formula is C13H10ClF2NO2S. The normalized spacial score (nSPS) is 11.6. The van der Waals surface area contributed by atoms with Gasteiger partial charge in [0.2, 0.25) is 10.0 Å². The predicted molar refractivity (Wildman–Crippen MR) is 71.8 cm³/mol. The van der Waals surface area contributed by atoms with Gasteiger partial charge in [-0.3, -0.25) is 0 Å². The Labute approximate surface area is 120 Å². The first-order valence-electron chi connectivity index (χ1n) is 5.59. The fraction of sp³-hybridized carbons (Fsp3) is 0.0769. The number of halogens is 3. The smallest absolute Gasteiger partial charge is 0.207 e. The molecule has 0 aliphatic carbocycles. The molecule has 3 nitrogen and oxygen atoms in total. The fourth-order valence-electron chi connectivity index (χ4n) is 1.63. The molecule has 2 rings (SSSR count). The van der Waals surface area contributed by atoms with Gasteiger partial charge in [-0.25, -0.2) is 21.9 Å². The summed E-state index contributed by atoms with van der Waals surface area (Å²) in [4.78, 5) is -0.993. The Hall–Kier alpha value is -1.50. The minimum atomic E-state index is -4.30. The molecular weight excluding hydrogens is 308 g/mol. The van der Waals surface area contributed by atoms with Crippen LogP contribution in [0.15, 0.2) is 47.4 Å². The van der Waals surface area contributed by atoms with Crippen molar-refractivity contribution in [2.24, 2.45) is 0 Å². The molecule has 0 saturated carbocycles. The van der Waals surface area contributed by atoms with E-state index < -0.39 is 26.6 Å². The van der Waals surface area contributed by atoms with E-state index in [2.05, 4.69) is 4.72 Å². The third-order valence-corrected chi connectivity index (χ3v) is 4.42. The average Bonchev–Trinajstić information content (AvgIpc) is 2.37. The SMILES string of the molecule is O=S(=O)(NCc1ccccc1Cl)c1c(F)cccc1F. The number of hydrogen-bond acceptors (Lipinski definition) is 2. The first-order valence-corrected chi connectivity index (χ1v) is 7.45. The molecule has 0 amide bonds. The Morgan fingerprint density at radius 3 is 2.20 bits per heavy atom. The van der Waals surface area contributed by atoms with Crippen molar-refractivity contribution in [3.8, 4) is 0 Å². The van der Waals surface area contributed by atoms with Crippen LogP contribution < -0.4 is 4.72 Å². The van der Waals surface area contributed by atoms with E-state index in [-0.39, 0.29) is 6.54 Å². The molecule has 0 aliphatic heterocycles. The molecule has 1 N–H and O–H groups in total. The quantitative estimate of drug-likeness (QED) is 0.942. The van der Waals surface area contributed by atoms with Gasteiger partial charge in [-0.15, -0.1) is 0 Å². The van der Waals surface area contributed by atoms with Gasteiger partial charge in [-0.1, -0.05) is 35.9 Å². The summed E-state index contributed by atoms with van der Waals surface area (Å²) in [7, 11) is -4.30. The summed E-state index contributed by atoms with van der Waals surface area (Å²) in [5.41, 5.74) is 0.509. The Morgan fingerprint density at radius 1 is 1.00 bits per heavy atom. The zero-order valence-corrected chi connectivity index (χ0v) is 11.7. The Bertz CT molecular complexity index is 715. The molecule has 20 heavy (non-hydrogen) atoms. The van der Waals surface area contributed by atoms with E-state index in [0.29, 0.717) is 10.6 Å². The van der Waals surface area contributed by atoms with Crippen LogP contribution in [-0.4, -0.2) is 8.42 Å². The molecule has 0 aromatic heterocycles. The lowest BCUT2D eigenvalue weighted by Crippen LogP contribution is -2.25. The molecule has 0 saturated heterocycles. The van der Waals surface area contributed by atoms with Crippen LogP contribution in [-0.2, 0) is 16.6 Å². The largest absolute Gasteiger partial charge is 0.246 e. The lowest BCUT2D eigenvalue weighted by Gasteiger charge is -2.09. The maximum atomic E-state index is 13.5. The van der Waals surface area contributed by atoms with Crippen molar-refractivity contribution in [2.75, 3.05) is 0 Å². The molecule has 0 atom stereocenters. The maximum Gasteiger partial charge on any atom is 0.246 e. The first kappa shape index (κ1) is 14.9. The van der Waals surface area contributed by atoms with E-state index in [4.69, 9.17) is 11.6 Å². The van der Waals surface area contributed by atoms with Gasteiger partial charge in [0.05, 0.1) is 0 Å². The molecule has 7 heteroatoms. The van der Waals surface area contributed by atoms with Gasteiger partial charge in [0.25, 0.3) is 0 Å². The second kappa shape index (κ2) is 5.87. The number of nitrogens with one attached hydrogen (secondary N) is 1. The van der Waals surface area contributed by atoms with E-state index >= 15 is 0 Å². The predicted octanol–water partition coefficient (Wildman–Crippen LogP) is 3.10. The lowest BCUT2D eigenvalue weighted by molar-refractivity contribution is 0.514. The van der Waals surface area contributed by atoms with Gasteiger partial charge in [0, 0.05) is 11.6 Å². The Kier molecular flexibility index (Phi) is 4.37. The van der Waals surface area contributed by atoms with E-state index in [1.54, 1.807) is 24.3 Å². The molecule has 0 unspecified atom stereocenters. The topological polar surface area (TPSA) is 46.2 Å². The summed E-state index contributed by atoms with van der Waals surface area (Å²) < 4.78 is 52.9. The summed E-state index contributed by atoms with van der Waals surface area (Å²) in [5.74, 6) is -2.28. The molecule has 2 aromatic rings. The zero-order chi connectivity index (χ0) is 14.8. The highest BCUT2D eigenvalue weighted by atomic mass is 35.5. The van der Waals surface area contributed by atoms with Gasteiger partial charge >= 0.3 is 0 Å². The van der Waals surface area contributed by atoms with Crippen molar-refractivity contribution >= 4 is 21.6 Å². The van der Waals surface area contributed by atoms with Gasteiger partial charge < -0.3 is 0 Å². The van der Waals surface area contributed by atoms with Crippen LogP contribution in [0.3, 0.4) is 0 Å². The summed E-state index contributed by atoms with van der Waals surface area (Å²) in [5, 5.41) is 0.365. The molecule has 0 bridgehead atoms. The first-order chi connectivity index (χ1) is 9.42. The van der Waals surface area contributed by atoms with Gasteiger partial charge in [-0.05, 0) is 23.8 Å². The number of sulfonamides is 1. The van der Waals surface area contributed by atoms with Crippen molar-refractivity contribution in [1.29, 1.82) is 0 Å². The number of benzene rings is 2. The zero-order valence-electron chi connectivity index (χ0n) is 10.1. The van der Waals surface area contributed by atoms with Crippen molar-refractivity contribution in [3.05, 3.63) is 64.7 Å². The highest BCUT2D eigenvalue weighted by Gasteiger charge is 2.23. The van der Waals surface area contributed by atoms with Crippen molar-refractivity contribution in [3.63, 3.8) is 0 Å². The van der Waals surface area contributed by atoms with E-state index in [0.717, 1.165) is 18.2 Å². The van der Waals surface area contributed by atoms with Gasteiger partial charge in [-0.2, -0.15) is 0 Å². The minimum Gasteiger partial charge on any atom is -0.207 e. The second-order valence-electron chi connectivity index (χ2n) is 3.97. The fourth-order valence-corrected chi connectivity index (χ4v) is 2.97. The number of rotatable bonds is 4. The van der Waals surface area contributed by atoms with Crippen molar-refractivity contribution < 1.29 is 17.2 Å². The lowest BCUT2D eigenvalue weighted by atomic mass is 10.2. The monoisotopic (exact) mass is 317 g/mol. The van der Waals surface area contributed by atoms with E-state index in [1.807, 2.05) is 0 Å². The van der Waals surface area contributed by atoms with E-state index in [9.17, 15) is 17.2 Å². The maximum absolute atomic E-state index is 13.5. The summed E-state index contributed by atoms with van der Waals surface area (Å²) >= 11 is 5.88. The molecule has 0 aliphatic rings. The second-order valence-corrected chi connectivity index (χ2v) is 6.08. The Morgan fingerprint density at radius 2 is 1.60 bits per heavy atom. The third-order valence-electron chi connectivity index (χ3n) is 2.60. The third kappa shape index (κ3) is 3.15. The summed E-state index contributed by atoms with van der Waals surface area (Å²) in [6.45, 7) is -0.157. The van der Waals surface area contributed by atoms with Crippen LogP contribution in [0.1, 0.15) is 5.56 Å². The molecule has 0 fully saturated rings. The molecule has 106 valence electrons. The molecule has 0 radical (unpaired) electrons. The molecule has 0 heterocycles. The standard InChI is InChI=1S/C13H10ClF2NO2S/c14-10-5-2-1-4-9(10)8-17-20(18,19)13-11(15)6-3-7-12(13)16/h1-7,17H,8H2. The molecule has 0 spiro atoms. The van der Waals surface area contributed by atoms with Crippen LogP contribution in [0.25, 0.3) is 0 Å². The molecule has 2 aromatic carbocycles. The average molecular weight is 318 g/mol. The minimum absolute atomic E-state index is 0.157. The number of hydrogen-bond donors (Lipinski definition) is 1. The van der Waals surface area contributed by atoms with E-state index in [1.165, 1.54) is 0 Å². The summed E-state index contributed by atoms with van der Waals surface area (Å²) in [6, 6.07) is 9.44. The summed E-state index contributed by atoms with van der Waals surface area (Å²) in [6.07, 6.45) is 0. The van der Waals surface area contributed by atoms with Crippen LogP contribution in [0, 0.1) is 11.6 Å². The van der Waals surface area contributed by atoms with Gasteiger partial charge in [0.1, 0.15) is 11.6 Å². The highest BCUT2D eigenvalue weighted by molar-refractivity contribution is 7.89. The van der Waals surface area contributed by atoms with Crippen molar-refractivity contribution in [2.45, 2.75) is 11.4 Å². The van der Waals surface area contributed by atoms with Crippen LogP contribution in [0.2, 0.25) is 5.02 Å². The van der Waals surface area contributed by atoms with Gasteiger partial charge in [0.15, 0.2) is 4.90 Å². The van der Waals surface area contributed by atoms with Crippen LogP contribution >= 0.6 is 11.6 Å².